The fourth-order valence-electron chi connectivity index (χ4n) is 1.95. The number of hydrogen-bond acceptors (Lipinski definition) is 11. The number of carboxylic acid groups (broad SMARTS) is 1. The zero-order valence-corrected chi connectivity index (χ0v) is 16.8. The van der Waals surface area contributed by atoms with Crippen LogP contribution in [0.3, 0.4) is 0 Å². The van der Waals surface area contributed by atoms with Crippen LogP contribution in [0.15, 0.2) is 6.33 Å². The molecular weight excluding hydrogens is 404 g/mol. The maximum absolute atomic E-state index is 11.0. The Morgan fingerprint density at radius 1 is 1.00 bits per heavy atom. The van der Waals surface area contributed by atoms with Crippen LogP contribution in [0.4, 0.5) is 0 Å². The van der Waals surface area contributed by atoms with Gasteiger partial charge in [-0.15, -0.1) is 10.2 Å². The molecule has 0 saturated heterocycles. The molecule has 0 radical (unpaired) electrons. The molecule has 0 bridgehead atoms. The second kappa shape index (κ2) is 14.1. The van der Waals surface area contributed by atoms with Crippen LogP contribution in [-0.4, -0.2) is 104 Å². The summed E-state index contributed by atoms with van der Waals surface area (Å²) in [6.45, 7) is 3.86. The SMILES string of the molecule is COC(=O)c1ncn(CCOCCO)n1.Cc1nc(C(=O)O)nn1CCOCCO. The number of rotatable bonds is 12. The average Bonchev–Trinajstić information content (AvgIpc) is 3.35. The molecule has 0 atom stereocenters. The van der Waals surface area contributed by atoms with Gasteiger partial charge in [-0.2, -0.15) is 0 Å². The molecule has 0 unspecified atom stereocenters. The molecule has 2 heterocycles. The first-order chi connectivity index (χ1) is 14.4. The molecule has 0 saturated carbocycles. The van der Waals surface area contributed by atoms with Gasteiger partial charge in [0.2, 0.25) is 0 Å². The number of carboxylic acids is 1. The molecule has 0 aliphatic heterocycles. The number of aliphatic hydroxyl groups is 2. The number of aliphatic hydroxyl groups excluding tert-OH is 2. The lowest BCUT2D eigenvalue weighted by Crippen LogP contribution is -2.11. The summed E-state index contributed by atoms with van der Waals surface area (Å²) in [5, 5.41) is 33.2. The molecule has 0 aliphatic rings. The van der Waals surface area contributed by atoms with Crippen molar-refractivity contribution >= 4 is 11.9 Å². The molecule has 14 heteroatoms. The number of methoxy groups -OCH3 is 1. The van der Waals surface area contributed by atoms with E-state index in [4.69, 9.17) is 24.8 Å². The van der Waals surface area contributed by atoms with Crippen LogP contribution in [0, 0.1) is 6.92 Å². The van der Waals surface area contributed by atoms with Gasteiger partial charge in [0.05, 0.1) is 59.8 Å². The number of carbonyl (C=O) groups excluding carboxylic acids is 1. The highest BCUT2D eigenvalue weighted by molar-refractivity contribution is 5.84. The zero-order valence-electron chi connectivity index (χ0n) is 16.8. The molecule has 14 nitrogen and oxygen atoms in total. The van der Waals surface area contributed by atoms with Crippen molar-refractivity contribution in [1.29, 1.82) is 0 Å². The molecule has 2 aromatic rings. The minimum atomic E-state index is -1.15. The normalized spacial score (nSPS) is 10.4. The highest BCUT2D eigenvalue weighted by Crippen LogP contribution is 1.97. The van der Waals surface area contributed by atoms with Gasteiger partial charge in [0.25, 0.3) is 11.6 Å². The summed E-state index contributed by atoms with van der Waals surface area (Å²) in [5.74, 6) is -1.37. The van der Waals surface area contributed by atoms with Crippen LogP contribution in [0.5, 0.6) is 0 Å². The second-order valence-corrected chi connectivity index (χ2v) is 5.51. The number of nitrogens with zero attached hydrogens (tertiary/aromatic N) is 6. The maximum atomic E-state index is 11.0. The molecule has 0 aliphatic carbocycles. The highest BCUT2D eigenvalue weighted by atomic mass is 16.5. The van der Waals surface area contributed by atoms with Crippen LogP contribution < -0.4 is 0 Å². The van der Waals surface area contributed by atoms with Gasteiger partial charge in [0, 0.05) is 0 Å². The predicted octanol–water partition coefficient (Wildman–Crippen LogP) is -1.63. The van der Waals surface area contributed by atoms with Gasteiger partial charge in [-0.3, -0.25) is 0 Å². The molecule has 3 N–H and O–H groups in total. The first-order valence-electron chi connectivity index (χ1n) is 8.92. The lowest BCUT2D eigenvalue weighted by atomic mass is 10.6. The van der Waals surface area contributed by atoms with E-state index < -0.39 is 11.9 Å². The van der Waals surface area contributed by atoms with Gasteiger partial charge in [-0.05, 0) is 6.92 Å². The van der Waals surface area contributed by atoms with Crippen LogP contribution in [0.25, 0.3) is 0 Å². The van der Waals surface area contributed by atoms with Crippen molar-refractivity contribution in [3.05, 3.63) is 23.8 Å². The highest BCUT2D eigenvalue weighted by Gasteiger charge is 2.12. The standard InChI is InChI=1S/2C8H13N3O4/c1-14-8(13)7-9-6-11(10-7)2-4-15-5-3-12;1-6-9-7(8(13)14)10-11(6)2-4-15-5-3-12/h6,12H,2-5H2,1H3;12H,2-5H2,1H3,(H,13,14). The molecule has 0 aromatic carbocycles. The van der Waals surface area contributed by atoms with E-state index in [0.717, 1.165) is 0 Å². The Morgan fingerprint density at radius 3 is 2.17 bits per heavy atom. The van der Waals surface area contributed by atoms with E-state index in [-0.39, 0.29) is 31.5 Å². The van der Waals surface area contributed by atoms with Crippen molar-refractivity contribution in [2.45, 2.75) is 20.0 Å². The summed E-state index contributed by atoms with van der Waals surface area (Å²) in [6, 6.07) is 0. The summed E-state index contributed by atoms with van der Waals surface area (Å²) in [7, 11) is 1.27. The fourth-order valence-corrected chi connectivity index (χ4v) is 1.95. The van der Waals surface area contributed by atoms with E-state index in [2.05, 4.69) is 24.9 Å². The number of hydrogen-bond donors (Lipinski definition) is 3. The number of aromatic nitrogens is 6. The molecule has 0 spiro atoms. The van der Waals surface area contributed by atoms with Crippen LogP contribution >= 0.6 is 0 Å². The second-order valence-electron chi connectivity index (χ2n) is 5.51. The molecule has 2 rings (SSSR count). The van der Waals surface area contributed by atoms with E-state index in [1.165, 1.54) is 22.8 Å². The molecule has 2 aromatic heterocycles. The van der Waals surface area contributed by atoms with Crippen LogP contribution in [0.2, 0.25) is 0 Å². The summed E-state index contributed by atoms with van der Waals surface area (Å²) >= 11 is 0. The Morgan fingerprint density at radius 2 is 1.63 bits per heavy atom. The number of aromatic carboxylic acids is 1. The zero-order chi connectivity index (χ0) is 22.4. The van der Waals surface area contributed by atoms with Gasteiger partial charge >= 0.3 is 11.9 Å². The summed E-state index contributed by atoms with van der Waals surface area (Å²) in [4.78, 5) is 29.0. The minimum absolute atomic E-state index is 0.00916. The van der Waals surface area contributed by atoms with Crippen LogP contribution in [-0.2, 0) is 27.3 Å². The monoisotopic (exact) mass is 430 g/mol. The first kappa shape index (κ1) is 25.1. The third-order valence-corrected chi connectivity index (χ3v) is 3.34. The van der Waals surface area contributed by atoms with Crippen LogP contribution in [0.1, 0.15) is 27.1 Å². The number of carbonyl (C=O) groups is 2. The van der Waals surface area contributed by atoms with Gasteiger partial charge in [-0.25, -0.2) is 28.9 Å². The molecular formula is C16H26N6O8. The number of esters is 1. The lowest BCUT2D eigenvalue weighted by molar-refractivity contribution is 0.0584. The van der Waals surface area contributed by atoms with Crippen molar-refractivity contribution in [1.82, 2.24) is 29.5 Å². The largest absolute Gasteiger partial charge is 0.475 e. The quantitative estimate of drug-likeness (QED) is 0.258. The number of ether oxygens (including phenoxy) is 3. The fraction of sp³-hybridized carbons (Fsp3) is 0.625. The van der Waals surface area contributed by atoms with E-state index in [1.54, 1.807) is 6.92 Å². The summed E-state index contributed by atoms with van der Waals surface area (Å²) in [6.07, 6.45) is 1.43. The van der Waals surface area contributed by atoms with Crippen molar-refractivity contribution in [3.63, 3.8) is 0 Å². The topological polar surface area (TPSA) is 184 Å². The molecule has 0 fully saturated rings. The van der Waals surface area contributed by atoms with Crippen molar-refractivity contribution in [3.8, 4) is 0 Å². The average molecular weight is 430 g/mol. The Balaban J connectivity index is 0.000000300. The lowest BCUT2D eigenvalue weighted by Gasteiger charge is -2.02. The molecule has 168 valence electrons. The first-order valence-corrected chi connectivity index (χ1v) is 8.92. The Kier molecular flexibility index (Phi) is 11.8. The Bertz CT molecular complexity index is 778. The third-order valence-electron chi connectivity index (χ3n) is 3.34. The molecule has 0 amide bonds. The third kappa shape index (κ3) is 9.04. The van der Waals surface area contributed by atoms with Gasteiger partial charge in [0.1, 0.15) is 12.2 Å². The van der Waals surface area contributed by atoms with E-state index in [9.17, 15) is 9.59 Å². The molecule has 30 heavy (non-hydrogen) atoms. The summed E-state index contributed by atoms with van der Waals surface area (Å²) < 4.78 is 17.4. The Hall–Kier alpha value is -2.94. The van der Waals surface area contributed by atoms with Crippen molar-refractivity contribution in [2.24, 2.45) is 0 Å². The summed E-state index contributed by atoms with van der Waals surface area (Å²) in [5.41, 5.74) is 0. The Labute approximate surface area is 172 Å². The minimum Gasteiger partial charge on any atom is -0.475 e. The predicted molar refractivity (Wildman–Crippen MR) is 98.9 cm³/mol. The van der Waals surface area contributed by atoms with E-state index >= 15 is 0 Å². The van der Waals surface area contributed by atoms with Gasteiger partial charge in [0.15, 0.2) is 0 Å². The van der Waals surface area contributed by atoms with Crippen molar-refractivity contribution < 1.29 is 39.1 Å². The van der Waals surface area contributed by atoms with E-state index in [1.807, 2.05) is 0 Å². The maximum Gasteiger partial charge on any atom is 0.377 e. The van der Waals surface area contributed by atoms with Gasteiger partial charge < -0.3 is 29.5 Å². The van der Waals surface area contributed by atoms with E-state index in [0.29, 0.717) is 38.7 Å². The van der Waals surface area contributed by atoms with Crippen molar-refractivity contribution in [2.75, 3.05) is 46.8 Å². The number of aryl methyl sites for hydroxylation is 1. The smallest absolute Gasteiger partial charge is 0.377 e. The van der Waals surface area contributed by atoms with Gasteiger partial charge in [-0.1, -0.05) is 0 Å².